The van der Waals surface area contributed by atoms with Gasteiger partial charge in [0.15, 0.2) is 5.76 Å². The number of hydrogen-bond donors (Lipinski definition) is 0. The van der Waals surface area contributed by atoms with E-state index in [1.54, 1.807) is 12.1 Å². The summed E-state index contributed by atoms with van der Waals surface area (Å²) in [7, 11) is 0. The van der Waals surface area contributed by atoms with Crippen LogP contribution in [0.2, 0.25) is 5.02 Å². The predicted molar refractivity (Wildman–Crippen MR) is 132 cm³/mol. The lowest BCUT2D eigenvalue weighted by molar-refractivity contribution is 0.298. The molecule has 1 aromatic heterocycles. The summed E-state index contributed by atoms with van der Waals surface area (Å²) in [5.41, 5.74) is 5.47. The minimum atomic E-state index is -0.168. The second-order valence-electron chi connectivity index (χ2n) is 9.26. The van der Waals surface area contributed by atoms with E-state index in [9.17, 15) is 4.79 Å². The Bertz CT molecular complexity index is 1330. The summed E-state index contributed by atoms with van der Waals surface area (Å²) in [6, 6.07) is 19.3. The van der Waals surface area contributed by atoms with E-state index in [1.807, 2.05) is 50.2 Å². The van der Waals surface area contributed by atoms with Crippen LogP contribution >= 0.6 is 11.6 Å². The molecular weight excluding hydrogens is 420 g/mol. The molecular formula is C28H27ClO3. The fourth-order valence-corrected chi connectivity index (χ4v) is 3.74. The smallest absolute Gasteiger partial charge is 0.235 e. The molecule has 0 N–H and O–H groups in total. The summed E-state index contributed by atoms with van der Waals surface area (Å²) in [5.74, 6) is 0.666. The summed E-state index contributed by atoms with van der Waals surface area (Å²) in [6.07, 6.45) is 0. The first-order chi connectivity index (χ1) is 15.1. The van der Waals surface area contributed by atoms with Gasteiger partial charge in [-0.25, -0.2) is 0 Å². The quantitative estimate of drug-likeness (QED) is 0.324. The number of rotatable bonds is 4. The molecule has 1 heterocycles. The summed E-state index contributed by atoms with van der Waals surface area (Å²) in [5, 5.41) is 1.18. The van der Waals surface area contributed by atoms with Crippen molar-refractivity contribution in [1.82, 2.24) is 0 Å². The van der Waals surface area contributed by atoms with Crippen molar-refractivity contribution in [3.63, 3.8) is 0 Å². The minimum Gasteiger partial charge on any atom is -0.481 e. The third-order valence-corrected chi connectivity index (χ3v) is 6.03. The van der Waals surface area contributed by atoms with Crippen LogP contribution in [0.25, 0.3) is 22.3 Å². The third-order valence-electron chi connectivity index (χ3n) is 5.77. The Kier molecular flexibility index (Phi) is 5.87. The molecule has 4 rings (SSSR count). The van der Waals surface area contributed by atoms with E-state index >= 15 is 0 Å². The molecule has 0 unspecified atom stereocenters. The SMILES string of the molecule is Cc1cc2oc(-c3ccc(C(C)(C)C)cc3)c(OCc3ccc(Cl)cc3)c(=O)c2cc1C. The van der Waals surface area contributed by atoms with Crippen LogP contribution in [0, 0.1) is 13.8 Å². The van der Waals surface area contributed by atoms with Crippen LogP contribution in [-0.4, -0.2) is 0 Å². The van der Waals surface area contributed by atoms with Crippen LogP contribution in [0.15, 0.2) is 69.9 Å². The Morgan fingerprint density at radius 1 is 0.906 bits per heavy atom. The zero-order chi connectivity index (χ0) is 23.0. The van der Waals surface area contributed by atoms with E-state index < -0.39 is 0 Å². The van der Waals surface area contributed by atoms with Crippen molar-refractivity contribution in [2.75, 3.05) is 0 Å². The monoisotopic (exact) mass is 446 g/mol. The first-order valence-corrected chi connectivity index (χ1v) is 11.1. The summed E-state index contributed by atoms with van der Waals surface area (Å²) < 4.78 is 12.4. The van der Waals surface area contributed by atoms with Crippen molar-refractivity contribution in [2.45, 2.75) is 46.6 Å². The highest BCUT2D eigenvalue weighted by molar-refractivity contribution is 6.30. The molecule has 0 fully saturated rings. The summed E-state index contributed by atoms with van der Waals surface area (Å²) >= 11 is 5.99. The van der Waals surface area contributed by atoms with Crippen LogP contribution in [0.4, 0.5) is 0 Å². The zero-order valence-electron chi connectivity index (χ0n) is 19.1. The fraction of sp³-hybridized carbons (Fsp3) is 0.250. The Balaban J connectivity index is 1.85. The molecule has 3 nitrogen and oxygen atoms in total. The standard InChI is InChI=1S/C28H27ClO3/c1-17-14-23-24(15-18(17)2)32-26(20-8-10-21(11-9-20)28(3,4)5)27(25(23)30)31-16-19-6-12-22(29)13-7-19/h6-15H,16H2,1-5H3. The van der Waals surface area contributed by atoms with E-state index in [0.29, 0.717) is 21.8 Å². The highest BCUT2D eigenvalue weighted by atomic mass is 35.5. The molecule has 0 bridgehead atoms. The molecule has 0 atom stereocenters. The highest BCUT2D eigenvalue weighted by Gasteiger charge is 2.20. The van der Waals surface area contributed by atoms with Gasteiger partial charge >= 0.3 is 0 Å². The number of fused-ring (bicyclic) bond motifs is 1. The predicted octanol–water partition coefficient (Wildman–Crippen LogP) is 7.61. The molecule has 3 aromatic carbocycles. The molecule has 0 radical (unpaired) electrons. The maximum absolute atomic E-state index is 13.5. The molecule has 0 spiro atoms. The first-order valence-electron chi connectivity index (χ1n) is 10.7. The molecule has 0 saturated heterocycles. The largest absolute Gasteiger partial charge is 0.481 e. The second kappa shape index (κ2) is 8.48. The maximum atomic E-state index is 13.5. The molecule has 4 aromatic rings. The number of ether oxygens (including phenoxy) is 1. The van der Waals surface area contributed by atoms with Crippen molar-refractivity contribution in [1.29, 1.82) is 0 Å². The van der Waals surface area contributed by atoms with Gasteiger partial charge in [0, 0.05) is 10.6 Å². The summed E-state index contributed by atoms with van der Waals surface area (Å²) in [6.45, 7) is 10.8. The highest BCUT2D eigenvalue weighted by Crippen LogP contribution is 2.34. The van der Waals surface area contributed by atoms with Crippen LogP contribution in [0.3, 0.4) is 0 Å². The maximum Gasteiger partial charge on any atom is 0.235 e. The van der Waals surface area contributed by atoms with Gasteiger partial charge in [0.05, 0.1) is 5.39 Å². The average molecular weight is 447 g/mol. The van der Waals surface area contributed by atoms with Crippen molar-refractivity contribution in [3.05, 3.63) is 98.2 Å². The molecule has 164 valence electrons. The minimum absolute atomic E-state index is 0.0330. The molecule has 0 aliphatic rings. The molecule has 0 saturated carbocycles. The number of benzene rings is 3. The van der Waals surface area contributed by atoms with Crippen LogP contribution in [-0.2, 0) is 12.0 Å². The Morgan fingerprint density at radius 3 is 2.16 bits per heavy atom. The summed E-state index contributed by atoms with van der Waals surface area (Å²) in [4.78, 5) is 13.5. The van der Waals surface area contributed by atoms with Crippen molar-refractivity contribution < 1.29 is 9.15 Å². The lowest BCUT2D eigenvalue weighted by Gasteiger charge is -2.19. The molecule has 0 aliphatic carbocycles. The molecule has 4 heteroatoms. The molecule has 32 heavy (non-hydrogen) atoms. The van der Waals surface area contributed by atoms with Gasteiger partial charge in [-0.05, 0) is 65.8 Å². The number of halogens is 1. The van der Waals surface area contributed by atoms with E-state index in [2.05, 4.69) is 32.9 Å². The number of hydrogen-bond acceptors (Lipinski definition) is 3. The van der Waals surface area contributed by atoms with Gasteiger partial charge in [0.25, 0.3) is 0 Å². The van der Waals surface area contributed by atoms with Gasteiger partial charge in [0.1, 0.15) is 12.2 Å². The average Bonchev–Trinajstić information content (AvgIpc) is 2.75. The topological polar surface area (TPSA) is 39.4 Å². The Morgan fingerprint density at radius 2 is 1.53 bits per heavy atom. The third kappa shape index (κ3) is 4.44. The van der Waals surface area contributed by atoms with Gasteiger partial charge in [-0.2, -0.15) is 0 Å². The second-order valence-corrected chi connectivity index (χ2v) is 9.70. The lowest BCUT2D eigenvalue weighted by atomic mass is 9.86. The van der Waals surface area contributed by atoms with Crippen LogP contribution < -0.4 is 10.2 Å². The zero-order valence-corrected chi connectivity index (χ0v) is 19.8. The molecule has 0 aliphatic heterocycles. The van der Waals surface area contributed by atoms with Gasteiger partial charge in [-0.15, -0.1) is 0 Å². The normalized spacial score (nSPS) is 11.7. The van der Waals surface area contributed by atoms with E-state index in [-0.39, 0.29) is 23.2 Å². The van der Waals surface area contributed by atoms with E-state index in [4.69, 9.17) is 20.8 Å². The van der Waals surface area contributed by atoms with E-state index in [1.165, 1.54) is 5.56 Å². The van der Waals surface area contributed by atoms with Gasteiger partial charge in [-0.1, -0.05) is 68.8 Å². The molecule has 0 amide bonds. The lowest BCUT2D eigenvalue weighted by Crippen LogP contribution is -2.12. The van der Waals surface area contributed by atoms with Crippen LogP contribution in [0.5, 0.6) is 5.75 Å². The van der Waals surface area contributed by atoms with Gasteiger partial charge in [0.2, 0.25) is 11.2 Å². The van der Waals surface area contributed by atoms with Crippen LogP contribution in [0.1, 0.15) is 43.0 Å². The van der Waals surface area contributed by atoms with Crippen molar-refractivity contribution in [3.8, 4) is 17.1 Å². The van der Waals surface area contributed by atoms with Crippen molar-refractivity contribution in [2.24, 2.45) is 0 Å². The first kappa shape index (κ1) is 22.2. The van der Waals surface area contributed by atoms with Crippen molar-refractivity contribution >= 4 is 22.6 Å². The Labute approximate surface area is 193 Å². The Hall–Kier alpha value is -3.04. The van der Waals surface area contributed by atoms with Gasteiger partial charge < -0.3 is 9.15 Å². The van der Waals surface area contributed by atoms with E-state index in [0.717, 1.165) is 22.3 Å². The number of aryl methyl sites for hydroxylation is 2. The van der Waals surface area contributed by atoms with Gasteiger partial charge in [-0.3, -0.25) is 4.79 Å². The fourth-order valence-electron chi connectivity index (χ4n) is 3.61.